The first-order chi connectivity index (χ1) is 21.4. The zero-order valence-corrected chi connectivity index (χ0v) is 24.7. The lowest BCUT2D eigenvalue weighted by atomic mass is 10.2. The van der Waals surface area contributed by atoms with Gasteiger partial charge in [0.2, 0.25) is 0 Å². The molecule has 11 heteroatoms. The number of aromatic nitrogens is 5. The number of carbonyl (C=O) groups is 2. The average molecular weight is 594 g/mol. The van der Waals surface area contributed by atoms with E-state index in [2.05, 4.69) is 20.6 Å². The van der Waals surface area contributed by atoms with Crippen molar-refractivity contribution in [1.29, 1.82) is 0 Å². The Hall–Kier alpha value is -5.45. The van der Waals surface area contributed by atoms with Gasteiger partial charge in [-0.1, -0.05) is 66.7 Å². The predicted molar refractivity (Wildman–Crippen MR) is 163 cm³/mol. The molecule has 226 valence electrons. The molecule has 3 heterocycles. The lowest BCUT2D eigenvalue weighted by molar-refractivity contribution is 0.135. The molecule has 11 nitrogen and oxygen atoms in total. The van der Waals surface area contributed by atoms with E-state index in [4.69, 9.17) is 14.5 Å². The maximum absolute atomic E-state index is 12.2. The van der Waals surface area contributed by atoms with Gasteiger partial charge in [0, 0.05) is 12.4 Å². The number of nitrogens with one attached hydrogen (secondary N) is 2. The van der Waals surface area contributed by atoms with Crippen molar-refractivity contribution in [1.82, 2.24) is 34.7 Å². The lowest BCUT2D eigenvalue weighted by Crippen LogP contribution is -2.27. The van der Waals surface area contributed by atoms with E-state index in [1.807, 2.05) is 114 Å². The molecule has 0 fully saturated rings. The predicted octanol–water partition coefficient (Wildman–Crippen LogP) is 5.55. The topological polar surface area (TPSA) is 125 Å². The number of rotatable bonds is 12. The van der Waals surface area contributed by atoms with E-state index in [0.29, 0.717) is 13.1 Å². The molecule has 2 atom stereocenters. The molecule has 5 aromatic rings. The summed E-state index contributed by atoms with van der Waals surface area (Å²) < 4.78 is 14.5. The lowest BCUT2D eigenvalue weighted by Gasteiger charge is -2.12. The van der Waals surface area contributed by atoms with Gasteiger partial charge in [-0.05, 0) is 37.1 Å². The van der Waals surface area contributed by atoms with E-state index in [1.54, 1.807) is 12.7 Å². The summed E-state index contributed by atoms with van der Waals surface area (Å²) in [5.74, 6) is 0. The van der Waals surface area contributed by atoms with Gasteiger partial charge in [-0.15, -0.1) is 0 Å². The molecule has 2 aromatic carbocycles. The maximum atomic E-state index is 12.2. The molecule has 0 unspecified atom stereocenters. The number of imidazole rings is 2. The van der Waals surface area contributed by atoms with Gasteiger partial charge >= 0.3 is 12.2 Å². The highest BCUT2D eigenvalue weighted by atomic mass is 16.6. The van der Waals surface area contributed by atoms with Crippen LogP contribution in [0.4, 0.5) is 9.59 Å². The highest BCUT2D eigenvalue weighted by Crippen LogP contribution is 2.14. The van der Waals surface area contributed by atoms with Crippen molar-refractivity contribution in [3.05, 3.63) is 138 Å². The van der Waals surface area contributed by atoms with Crippen LogP contribution in [-0.2, 0) is 35.8 Å². The van der Waals surface area contributed by atoms with Crippen molar-refractivity contribution in [2.75, 3.05) is 0 Å². The fourth-order valence-corrected chi connectivity index (χ4v) is 4.49. The molecule has 5 rings (SSSR count). The third-order valence-corrected chi connectivity index (χ3v) is 6.84. The number of amides is 2. The van der Waals surface area contributed by atoms with E-state index in [0.717, 1.165) is 33.9 Å². The Morgan fingerprint density at radius 2 is 1.09 bits per heavy atom. The molecule has 0 aliphatic rings. The summed E-state index contributed by atoms with van der Waals surface area (Å²) in [6.07, 6.45) is 6.22. The van der Waals surface area contributed by atoms with Gasteiger partial charge in [0.25, 0.3) is 0 Å². The number of hydrogen-bond donors (Lipinski definition) is 2. The van der Waals surface area contributed by atoms with Crippen LogP contribution in [0.5, 0.6) is 0 Å². The Kier molecular flexibility index (Phi) is 9.98. The number of hydrogen-bond acceptors (Lipinski definition) is 7. The van der Waals surface area contributed by atoms with E-state index in [1.165, 1.54) is 0 Å². The Morgan fingerprint density at radius 3 is 1.52 bits per heavy atom. The van der Waals surface area contributed by atoms with Gasteiger partial charge < -0.3 is 29.2 Å². The number of nitrogens with zero attached hydrogens (tertiary/aromatic N) is 5. The SMILES string of the molecule is C[C@H](NC(=O)OCc1ccccc1)c1cn(Cc2cccc(Cn3cnc([C@H](C)NC(=O)OCc4ccccc4)c3)n2)cn1. The van der Waals surface area contributed by atoms with Crippen molar-refractivity contribution >= 4 is 12.2 Å². The molecule has 0 bridgehead atoms. The summed E-state index contributed by atoms with van der Waals surface area (Å²) in [7, 11) is 0. The highest BCUT2D eigenvalue weighted by Gasteiger charge is 2.15. The minimum absolute atomic E-state index is 0.204. The molecule has 0 saturated carbocycles. The monoisotopic (exact) mass is 593 g/mol. The Labute approximate surface area is 255 Å². The molecule has 2 N–H and O–H groups in total. The van der Waals surface area contributed by atoms with Crippen molar-refractivity contribution in [2.24, 2.45) is 0 Å². The van der Waals surface area contributed by atoms with E-state index >= 15 is 0 Å². The van der Waals surface area contributed by atoms with E-state index in [-0.39, 0.29) is 25.3 Å². The number of carbonyl (C=O) groups excluding carboxylic acids is 2. The normalized spacial score (nSPS) is 12.2. The maximum Gasteiger partial charge on any atom is 0.407 e. The minimum atomic E-state index is -0.499. The second-order valence-electron chi connectivity index (χ2n) is 10.4. The van der Waals surface area contributed by atoms with Gasteiger partial charge in [-0.2, -0.15) is 0 Å². The third-order valence-electron chi connectivity index (χ3n) is 6.84. The largest absolute Gasteiger partial charge is 0.445 e. The first-order valence-electron chi connectivity index (χ1n) is 14.3. The van der Waals surface area contributed by atoms with E-state index < -0.39 is 12.2 Å². The summed E-state index contributed by atoms with van der Waals surface area (Å²) >= 11 is 0. The summed E-state index contributed by atoms with van der Waals surface area (Å²) in [5.41, 5.74) is 5.01. The van der Waals surface area contributed by atoms with Crippen LogP contribution in [0, 0.1) is 0 Å². The van der Waals surface area contributed by atoms with Crippen molar-refractivity contribution in [2.45, 2.75) is 52.2 Å². The summed E-state index contributed by atoms with van der Waals surface area (Å²) in [6, 6.07) is 24.3. The summed E-state index contributed by atoms with van der Waals surface area (Å²) in [4.78, 5) is 38.2. The van der Waals surface area contributed by atoms with Crippen LogP contribution in [0.2, 0.25) is 0 Å². The molecule has 0 aliphatic carbocycles. The van der Waals surface area contributed by atoms with Crippen LogP contribution in [0.25, 0.3) is 0 Å². The van der Waals surface area contributed by atoms with Crippen molar-refractivity contribution in [3.8, 4) is 0 Å². The van der Waals surface area contributed by atoms with Crippen LogP contribution < -0.4 is 10.6 Å². The minimum Gasteiger partial charge on any atom is -0.445 e. The first kappa shape index (κ1) is 30.0. The van der Waals surface area contributed by atoms with Crippen LogP contribution in [-0.4, -0.2) is 36.3 Å². The Morgan fingerprint density at radius 1 is 0.659 bits per heavy atom. The van der Waals surface area contributed by atoms with Gasteiger partial charge in [-0.25, -0.2) is 19.6 Å². The molecular weight excluding hydrogens is 558 g/mol. The van der Waals surface area contributed by atoms with Crippen molar-refractivity contribution in [3.63, 3.8) is 0 Å². The third kappa shape index (κ3) is 8.78. The van der Waals surface area contributed by atoms with Gasteiger partial charge in [0.1, 0.15) is 13.2 Å². The zero-order chi connectivity index (χ0) is 30.7. The fourth-order valence-electron chi connectivity index (χ4n) is 4.49. The smallest absolute Gasteiger partial charge is 0.407 e. The Balaban J connectivity index is 1.09. The summed E-state index contributed by atoms with van der Waals surface area (Å²) in [6.45, 7) is 5.17. The fraction of sp³-hybridized carbons (Fsp3) is 0.242. The number of alkyl carbamates (subject to hydrolysis) is 2. The van der Waals surface area contributed by atoms with Crippen molar-refractivity contribution < 1.29 is 19.1 Å². The van der Waals surface area contributed by atoms with Crippen LogP contribution >= 0.6 is 0 Å². The molecule has 3 aromatic heterocycles. The number of pyridine rings is 1. The second kappa shape index (κ2) is 14.6. The van der Waals surface area contributed by atoms with Gasteiger partial charge in [0.15, 0.2) is 0 Å². The van der Waals surface area contributed by atoms with Gasteiger partial charge in [0.05, 0.1) is 60.6 Å². The molecule has 0 spiro atoms. The van der Waals surface area contributed by atoms with Crippen LogP contribution in [0.3, 0.4) is 0 Å². The molecular formula is C33H35N7O4. The van der Waals surface area contributed by atoms with Crippen LogP contribution in [0.1, 0.15) is 59.8 Å². The summed E-state index contributed by atoms with van der Waals surface area (Å²) in [5, 5.41) is 5.64. The zero-order valence-electron chi connectivity index (χ0n) is 24.7. The molecule has 0 aliphatic heterocycles. The Bertz CT molecular complexity index is 1530. The van der Waals surface area contributed by atoms with E-state index in [9.17, 15) is 9.59 Å². The molecule has 2 amide bonds. The molecule has 44 heavy (non-hydrogen) atoms. The quantitative estimate of drug-likeness (QED) is 0.194. The number of ether oxygens (including phenoxy) is 2. The average Bonchev–Trinajstić information content (AvgIpc) is 3.70. The second-order valence-corrected chi connectivity index (χ2v) is 10.4. The number of benzene rings is 2. The highest BCUT2D eigenvalue weighted by molar-refractivity contribution is 5.68. The molecule has 0 saturated heterocycles. The first-order valence-corrected chi connectivity index (χ1v) is 14.3. The van der Waals surface area contributed by atoms with Gasteiger partial charge in [-0.3, -0.25) is 4.98 Å². The van der Waals surface area contributed by atoms with Crippen LogP contribution in [0.15, 0.2) is 104 Å². The molecule has 0 radical (unpaired) electrons. The standard InChI is InChI=1S/C33H35N7O4/c1-24(36-32(41)43-20-26-10-5-3-6-11-26)30-18-39(22-34-30)16-28-14-9-15-29(38-28)17-40-19-31(35-23-40)25(2)37-33(42)44-21-27-12-7-4-8-13-27/h3-15,18-19,22-25H,16-17,20-21H2,1-2H3,(H,36,41)(H,37,42)/t24-,25-/m0/s1.